The molecule has 0 saturated carbocycles. The minimum atomic E-state index is -4.81. The lowest BCUT2D eigenvalue weighted by atomic mass is 10.1. The summed E-state index contributed by atoms with van der Waals surface area (Å²) in [5.74, 6) is -1.94. The fraction of sp³-hybridized carbons (Fsp3) is 0.0714. The van der Waals surface area contributed by atoms with E-state index in [9.17, 15) is 22.4 Å². The average molecular weight is 409 g/mol. The Morgan fingerprint density at radius 1 is 1.05 bits per heavy atom. The summed E-state index contributed by atoms with van der Waals surface area (Å²) >= 11 is 2.06. The van der Waals surface area contributed by atoms with Crippen LogP contribution in [0.4, 0.5) is 23.2 Å². The van der Waals surface area contributed by atoms with Crippen molar-refractivity contribution in [3.8, 4) is 0 Å². The standard InChI is InChI=1S/C14H8F4INO/c15-12-6-5-10(7-11(12)14(16,17)18)20-13(21)8-1-3-9(19)4-2-8/h1-7H,(H,20,21). The number of alkyl halides is 3. The largest absolute Gasteiger partial charge is 0.419 e. The van der Waals surface area contributed by atoms with Crippen LogP contribution >= 0.6 is 22.6 Å². The van der Waals surface area contributed by atoms with Gasteiger partial charge in [0.1, 0.15) is 5.82 Å². The van der Waals surface area contributed by atoms with Crippen LogP contribution in [0, 0.1) is 9.39 Å². The molecule has 0 spiro atoms. The van der Waals surface area contributed by atoms with E-state index in [-0.39, 0.29) is 5.69 Å². The molecule has 0 unspecified atom stereocenters. The summed E-state index contributed by atoms with van der Waals surface area (Å²) in [5, 5.41) is 2.31. The van der Waals surface area contributed by atoms with Gasteiger partial charge in [-0.2, -0.15) is 13.2 Å². The zero-order valence-electron chi connectivity index (χ0n) is 10.3. The molecule has 1 amide bonds. The molecule has 0 bridgehead atoms. The maximum Gasteiger partial charge on any atom is 0.419 e. The van der Waals surface area contributed by atoms with E-state index < -0.39 is 23.5 Å². The molecule has 0 atom stereocenters. The molecule has 0 saturated heterocycles. The molecule has 0 fully saturated rings. The Morgan fingerprint density at radius 3 is 2.24 bits per heavy atom. The second kappa shape index (κ2) is 6.00. The number of carbonyl (C=O) groups excluding carboxylic acids is 1. The van der Waals surface area contributed by atoms with Gasteiger partial charge in [-0.15, -0.1) is 0 Å². The molecule has 0 aliphatic heterocycles. The number of rotatable bonds is 2. The van der Waals surface area contributed by atoms with Gasteiger partial charge in [-0.3, -0.25) is 4.79 Å². The van der Waals surface area contributed by atoms with Crippen LogP contribution in [0.1, 0.15) is 15.9 Å². The number of halogens is 5. The van der Waals surface area contributed by atoms with Crippen molar-refractivity contribution in [3.63, 3.8) is 0 Å². The second-order valence-electron chi connectivity index (χ2n) is 4.15. The van der Waals surface area contributed by atoms with Gasteiger partial charge in [0.2, 0.25) is 0 Å². The van der Waals surface area contributed by atoms with E-state index in [2.05, 4.69) is 27.9 Å². The summed E-state index contributed by atoms with van der Waals surface area (Å²) in [5.41, 5.74) is -1.23. The monoisotopic (exact) mass is 409 g/mol. The predicted octanol–water partition coefficient (Wildman–Crippen LogP) is 4.70. The van der Waals surface area contributed by atoms with Crippen LogP contribution in [-0.2, 0) is 6.18 Å². The Balaban J connectivity index is 2.24. The predicted molar refractivity (Wildman–Crippen MR) is 78.5 cm³/mol. The maximum absolute atomic E-state index is 13.1. The lowest BCUT2D eigenvalue weighted by molar-refractivity contribution is -0.139. The van der Waals surface area contributed by atoms with Gasteiger partial charge in [-0.25, -0.2) is 4.39 Å². The van der Waals surface area contributed by atoms with Crippen molar-refractivity contribution in [2.75, 3.05) is 5.32 Å². The lowest BCUT2D eigenvalue weighted by Crippen LogP contribution is -2.14. The van der Waals surface area contributed by atoms with E-state index in [4.69, 9.17) is 0 Å². The molecule has 1 N–H and O–H groups in total. The third-order valence-electron chi connectivity index (χ3n) is 2.64. The van der Waals surface area contributed by atoms with E-state index in [1.807, 2.05) is 0 Å². The zero-order chi connectivity index (χ0) is 15.6. The van der Waals surface area contributed by atoms with Crippen LogP contribution in [-0.4, -0.2) is 5.91 Å². The quantitative estimate of drug-likeness (QED) is 0.566. The first-order valence-electron chi connectivity index (χ1n) is 5.71. The van der Waals surface area contributed by atoms with Gasteiger partial charge in [0.05, 0.1) is 5.56 Å². The third kappa shape index (κ3) is 3.93. The van der Waals surface area contributed by atoms with Crippen LogP contribution in [0.5, 0.6) is 0 Å². The molecule has 0 heterocycles. The van der Waals surface area contributed by atoms with Gasteiger partial charge in [-0.05, 0) is 65.1 Å². The summed E-state index contributed by atoms with van der Waals surface area (Å²) in [7, 11) is 0. The molecule has 0 aliphatic rings. The molecule has 110 valence electrons. The van der Waals surface area contributed by atoms with Gasteiger partial charge in [0.15, 0.2) is 0 Å². The number of amides is 1. The Hall–Kier alpha value is -1.64. The van der Waals surface area contributed by atoms with E-state index in [0.717, 1.165) is 9.64 Å². The second-order valence-corrected chi connectivity index (χ2v) is 5.40. The molecule has 2 nitrogen and oxygen atoms in total. The summed E-state index contributed by atoms with van der Waals surface area (Å²) in [6, 6.07) is 8.81. The highest BCUT2D eigenvalue weighted by atomic mass is 127. The Kier molecular flexibility index (Phi) is 4.50. The molecule has 2 rings (SSSR count). The Labute approximate surface area is 131 Å². The number of carbonyl (C=O) groups is 1. The summed E-state index contributed by atoms with van der Waals surface area (Å²) < 4.78 is 51.8. The van der Waals surface area contributed by atoms with Crippen molar-refractivity contribution in [2.45, 2.75) is 6.18 Å². The molecule has 2 aromatic carbocycles. The van der Waals surface area contributed by atoms with Crippen molar-refractivity contribution in [1.29, 1.82) is 0 Å². The summed E-state index contributed by atoms with van der Waals surface area (Å²) in [4.78, 5) is 11.9. The third-order valence-corrected chi connectivity index (χ3v) is 3.36. The molecule has 0 aliphatic carbocycles. The van der Waals surface area contributed by atoms with Gasteiger partial charge < -0.3 is 5.32 Å². The Bertz CT molecular complexity index is 668. The molecule has 0 radical (unpaired) electrons. The molecule has 2 aromatic rings. The number of nitrogens with one attached hydrogen (secondary N) is 1. The van der Waals surface area contributed by atoms with Crippen LogP contribution in [0.15, 0.2) is 42.5 Å². The van der Waals surface area contributed by atoms with Crippen LogP contribution in [0.2, 0.25) is 0 Å². The smallest absolute Gasteiger partial charge is 0.322 e. The van der Waals surface area contributed by atoms with Gasteiger partial charge in [0, 0.05) is 14.8 Å². The van der Waals surface area contributed by atoms with Crippen molar-refractivity contribution in [1.82, 2.24) is 0 Å². The highest BCUT2D eigenvalue weighted by Gasteiger charge is 2.34. The number of anilines is 1. The van der Waals surface area contributed by atoms with E-state index in [0.29, 0.717) is 17.7 Å². The van der Waals surface area contributed by atoms with Crippen molar-refractivity contribution in [2.24, 2.45) is 0 Å². The number of hydrogen-bond acceptors (Lipinski definition) is 1. The van der Waals surface area contributed by atoms with E-state index in [1.54, 1.807) is 24.3 Å². The summed E-state index contributed by atoms with van der Waals surface area (Å²) in [6.45, 7) is 0. The van der Waals surface area contributed by atoms with Crippen LogP contribution < -0.4 is 5.32 Å². The first-order valence-corrected chi connectivity index (χ1v) is 6.79. The normalized spacial score (nSPS) is 11.3. The van der Waals surface area contributed by atoms with Gasteiger partial charge in [-0.1, -0.05) is 0 Å². The highest BCUT2D eigenvalue weighted by Crippen LogP contribution is 2.33. The topological polar surface area (TPSA) is 29.1 Å². The van der Waals surface area contributed by atoms with E-state index in [1.165, 1.54) is 0 Å². The first kappa shape index (κ1) is 15.7. The number of benzene rings is 2. The summed E-state index contributed by atoms with van der Waals surface area (Å²) in [6.07, 6.45) is -4.81. The van der Waals surface area contributed by atoms with Crippen LogP contribution in [0.25, 0.3) is 0 Å². The van der Waals surface area contributed by atoms with E-state index >= 15 is 0 Å². The maximum atomic E-state index is 13.1. The zero-order valence-corrected chi connectivity index (χ0v) is 12.5. The van der Waals surface area contributed by atoms with Crippen molar-refractivity contribution >= 4 is 34.2 Å². The minimum Gasteiger partial charge on any atom is -0.322 e. The van der Waals surface area contributed by atoms with Gasteiger partial charge in [0.25, 0.3) is 5.91 Å². The first-order chi connectivity index (χ1) is 9.77. The highest BCUT2D eigenvalue weighted by molar-refractivity contribution is 14.1. The van der Waals surface area contributed by atoms with Gasteiger partial charge >= 0.3 is 6.18 Å². The fourth-order valence-electron chi connectivity index (χ4n) is 1.62. The Morgan fingerprint density at radius 2 is 1.67 bits per heavy atom. The lowest BCUT2D eigenvalue weighted by Gasteiger charge is -2.11. The van der Waals surface area contributed by atoms with Crippen molar-refractivity contribution in [3.05, 3.63) is 63.0 Å². The number of hydrogen-bond donors (Lipinski definition) is 1. The fourth-order valence-corrected chi connectivity index (χ4v) is 1.98. The van der Waals surface area contributed by atoms with Crippen molar-refractivity contribution < 1.29 is 22.4 Å². The average Bonchev–Trinajstić information content (AvgIpc) is 2.40. The molecule has 7 heteroatoms. The molecular formula is C14H8F4INO. The molecular weight excluding hydrogens is 401 g/mol. The molecule has 21 heavy (non-hydrogen) atoms. The SMILES string of the molecule is O=C(Nc1ccc(F)c(C(F)(F)F)c1)c1ccc(I)cc1. The molecule has 0 aromatic heterocycles. The van der Waals surface area contributed by atoms with Crippen LogP contribution in [0.3, 0.4) is 0 Å². The minimum absolute atomic E-state index is 0.118.